The van der Waals surface area contributed by atoms with E-state index < -0.39 is 10.0 Å². The third-order valence-corrected chi connectivity index (χ3v) is 7.14. The normalized spacial score (nSPS) is 24.7. The molecule has 0 saturated heterocycles. The highest BCUT2D eigenvalue weighted by Gasteiger charge is 2.42. The predicted molar refractivity (Wildman–Crippen MR) is 97.3 cm³/mol. The molecule has 1 N–H and O–H groups in total. The summed E-state index contributed by atoms with van der Waals surface area (Å²) in [5.41, 5.74) is 1.91. The molecular weight excluding hydrogens is 352 g/mol. The minimum absolute atomic E-state index is 0.0841. The van der Waals surface area contributed by atoms with Crippen LogP contribution < -0.4 is 4.72 Å². The second-order valence-electron chi connectivity index (χ2n) is 7.14. The fraction of sp³-hybridized carbons (Fsp3) is 0.368. The van der Waals surface area contributed by atoms with E-state index in [0.29, 0.717) is 12.8 Å². The van der Waals surface area contributed by atoms with E-state index in [-0.39, 0.29) is 33.4 Å². The molecule has 1 saturated carbocycles. The summed E-state index contributed by atoms with van der Waals surface area (Å²) >= 11 is 0. The van der Waals surface area contributed by atoms with Crippen LogP contribution in [0.25, 0.3) is 0 Å². The van der Waals surface area contributed by atoms with Crippen molar-refractivity contribution < 1.29 is 13.3 Å². The van der Waals surface area contributed by atoms with Gasteiger partial charge in [0.05, 0.1) is 9.82 Å². The van der Waals surface area contributed by atoms with E-state index in [1.54, 1.807) is 42.5 Å². The van der Waals surface area contributed by atoms with Crippen LogP contribution in [0.5, 0.6) is 0 Å². The molecule has 0 radical (unpaired) electrons. The van der Waals surface area contributed by atoms with Crippen molar-refractivity contribution in [3.63, 3.8) is 0 Å². The zero-order valence-electron chi connectivity index (χ0n) is 14.2. The summed E-state index contributed by atoms with van der Waals surface area (Å²) in [7, 11) is -3.60. The van der Waals surface area contributed by atoms with Crippen molar-refractivity contribution in [2.24, 2.45) is 11.8 Å². The number of fused-ring (bicyclic) bond motifs is 3. The molecule has 26 heavy (non-hydrogen) atoms. The van der Waals surface area contributed by atoms with Crippen LogP contribution >= 0.6 is 0 Å². The van der Waals surface area contributed by atoms with E-state index in [9.17, 15) is 18.5 Å². The van der Waals surface area contributed by atoms with Gasteiger partial charge in [0.1, 0.15) is 0 Å². The number of nitro groups is 1. The molecule has 0 heterocycles. The van der Waals surface area contributed by atoms with Crippen LogP contribution in [0.4, 0.5) is 5.69 Å². The average Bonchev–Trinajstić information content (AvgIpc) is 2.89. The molecule has 0 aromatic heterocycles. The lowest BCUT2D eigenvalue weighted by Crippen LogP contribution is -2.41. The number of rotatable bonds is 4. The van der Waals surface area contributed by atoms with Gasteiger partial charge in [-0.3, -0.25) is 10.1 Å². The van der Waals surface area contributed by atoms with E-state index >= 15 is 0 Å². The first-order valence-corrected chi connectivity index (χ1v) is 10.3. The van der Waals surface area contributed by atoms with Gasteiger partial charge in [-0.2, -0.15) is 0 Å². The summed E-state index contributed by atoms with van der Waals surface area (Å²) in [4.78, 5) is 11.3. The summed E-state index contributed by atoms with van der Waals surface area (Å²) in [6, 6.07) is 13.4. The standard InChI is InChI=1S/C19H20N2O4S/c22-21(23)18-8-4-5-13-11-14-9-10-15(12-17(13)18)19(14)20-26(24,25)16-6-2-1-3-7-16/h1-8,14-15,19-20H,9-12H2. The van der Waals surface area contributed by atoms with Crippen LogP contribution in [0.3, 0.4) is 0 Å². The number of nitro benzene ring substituents is 1. The van der Waals surface area contributed by atoms with Crippen LogP contribution in [-0.2, 0) is 22.9 Å². The molecule has 0 spiro atoms. The van der Waals surface area contributed by atoms with E-state index in [4.69, 9.17) is 0 Å². The smallest absolute Gasteiger partial charge is 0.258 e. The number of benzene rings is 2. The number of sulfonamides is 1. The topological polar surface area (TPSA) is 89.3 Å². The highest BCUT2D eigenvalue weighted by molar-refractivity contribution is 7.89. The Hall–Kier alpha value is -2.25. The largest absolute Gasteiger partial charge is 0.272 e. The molecule has 2 aliphatic carbocycles. The number of nitrogens with one attached hydrogen (secondary N) is 1. The van der Waals surface area contributed by atoms with Crippen molar-refractivity contribution in [3.05, 3.63) is 69.8 Å². The Bertz CT molecular complexity index is 943. The predicted octanol–water partition coefficient (Wildman–Crippen LogP) is 3.07. The lowest BCUT2D eigenvalue weighted by atomic mass is 9.92. The highest BCUT2D eigenvalue weighted by atomic mass is 32.2. The van der Waals surface area contributed by atoms with Crippen molar-refractivity contribution in [2.75, 3.05) is 0 Å². The summed E-state index contributed by atoms with van der Waals surface area (Å²) in [5.74, 6) is 0.252. The Kier molecular flexibility index (Phi) is 4.28. The Morgan fingerprint density at radius 3 is 2.35 bits per heavy atom. The van der Waals surface area contributed by atoms with Gasteiger partial charge in [0.2, 0.25) is 10.0 Å². The Balaban J connectivity index is 1.65. The third-order valence-electron chi connectivity index (χ3n) is 5.66. The summed E-state index contributed by atoms with van der Waals surface area (Å²) in [5, 5.41) is 11.4. The quantitative estimate of drug-likeness (QED) is 0.660. The maximum atomic E-state index is 12.8. The first-order valence-electron chi connectivity index (χ1n) is 8.78. The van der Waals surface area contributed by atoms with Crippen LogP contribution in [0, 0.1) is 22.0 Å². The van der Waals surface area contributed by atoms with Gasteiger partial charge in [0.15, 0.2) is 0 Å². The highest BCUT2D eigenvalue weighted by Crippen LogP contribution is 2.42. The molecule has 3 atom stereocenters. The van der Waals surface area contributed by atoms with Crippen molar-refractivity contribution >= 4 is 15.7 Å². The van der Waals surface area contributed by atoms with Gasteiger partial charge in [-0.05, 0) is 55.2 Å². The lowest BCUT2D eigenvalue weighted by molar-refractivity contribution is -0.385. The molecule has 4 rings (SSSR count). The van der Waals surface area contributed by atoms with Gasteiger partial charge in [-0.15, -0.1) is 0 Å². The minimum atomic E-state index is -3.60. The third kappa shape index (κ3) is 3.01. The van der Waals surface area contributed by atoms with Crippen molar-refractivity contribution in [1.29, 1.82) is 0 Å². The molecule has 2 aromatic carbocycles. The van der Waals surface area contributed by atoms with Gasteiger partial charge < -0.3 is 0 Å². The molecule has 6 nitrogen and oxygen atoms in total. The maximum Gasteiger partial charge on any atom is 0.272 e. The lowest BCUT2D eigenvalue weighted by Gasteiger charge is -2.23. The summed E-state index contributed by atoms with van der Waals surface area (Å²) in [6.45, 7) is 0. The first-order chi connectivity index (χ1) is 12.5. The maximum absolute atomic E-state index is 12.8. The Labute approximate surface area is 152 Å². The van der Waals surface area contributed by atoms with Crippen LogP contribution in [-0.4, -0.2) is 19.4 Å². The molecule has 2 aliphatic rings. The van der Waals surface area contributed by atoms with Gasteiger partial charge in [-0.1, -0.05) is 30.3 Å². The van der Waals surface area contributed by atoms with Gasteiger partial charge >= 0.3 is 0 Å². The molecular formula is C19H20N2O4S. The zero-order chi connectivity index (χ0) is 18.3. The molecule has 1 fully saturated rings. The Morgan fingerprint density at radius 2 is 1.65 bits per heavy atom. The second kappa shape index (κ2) is 6.48. The molecule has 7 heteroatoms. The van der Waals surface area contributed by atoms with Crippen molar-refractivity contribution in [1.82, 2.24) is 4.72 Å². The van der Waals surface area contributed by atoms with Crippen molar-refractivity contribution in [2.45, 2.75) is 36.6 Å². The van der Waals surface area contributed by atoms with E-state index in [1.807, 2.05) is 6.07 Å². The molecule has 3 unspecified atom stereocenters. The number of nitrogens with zero attached hydrogens (tertiary/aromatic N) is 1. The average molecular weight is 372 g/mol. The fourth-order valence-electron chi connectivity index (χ4n) is 4.43. The van der Waals surface area contributed by atoms with E-state index in [2.05, 4.69) is 4.72 Å². The van der Waals surface area contributed by atoms with Crippen molar-refractivity contribution in [3.8, 4) is 0 Å². The van der Waals surface area contributed by atoms with E-state index in [1.165, 1.54) is 0 Å². The van der Waals surface area contributed by atoms with E-state index in [0.717, 1.165) is 24.0 Å². The fourth-order valence-corrected chi connectivity index (χ4v) is 5.83. The van der Waals surface area contributed by atoms with Gasteiger partial charge in [0.25, 0.3) is 5.69 Å². The summed E-state index contributed by atoms with van der Waals surface area (Å²) in [6.07, 6.45) is 3.05. The number of hydrogen-bond donors (Lipinski definition) is 1. The molecule has 136 valence electrons. The SMILES string of the molecule is O=[N+]([O-])c1cccc2c1CC1CCC(C2)C1NS(=O)(=O)c1ccccc1. The molecule has 2 bridgehead atoms. The molecule has 2 aromatic rings. The minimum Gasteiger partial charge on any atom is -0.258 e. The zero-order valence-corrected chi connectivity index (χ0v) is 15.0. The summed E-state index contributed by atoms with van der Waals surface area (Å²) < 4.78 is 28.4. The first kappa shape index (κ1) is 17.2. The van der Waals surface area contributed by atoms with Crippen LogP contribution in [0.2, 0.25) is 0 Å². The number of hydrogen-bond acceptors (Lipinski definition) is 4. The van der Waals surface area contributed by atoms with Gasteiger partial charge in [-0.25, -0.2) is 13.1 Å². The molecule has 0 aliphatic heterocycles. The van der Waals surface area contributed by atoms with Crippen LogP contribution in [0.15, 0.2) is 53.4 Å². The monoisotopic (exact) mass is 372 g/mol. The Morgan fingerprint density at radius 1 is 0.962 bits per heavy atom. The van der Waals surface area contributed by atoms with Gasteiger partial charge in [0, 0.05) is 17.7 Å². The van der Waals surface area contributed by atoms with Crippen LogP contribution in [0.1, 0.15) is 24.0 Å². The second-order valence-corrected chi connectivity index (χ2v) is 8.85. The molecule has 0 amide bonds.